The van der Waals surface area contributed by atoms with Gasteiger partial charge in [0.15, 0.2) is 0 Å². The Labute approximate surface area is 120 Å². The molecule has 0 aliphatic carbocycles. The van der Waals surface area contributed by atoms with Crippen LogP contribution in [-0.2, 0) is 13.1 Å². The van der Waals surface area contributed by atoms with Crippen LogP contribution in [0.5, 0.6) is 0 Å². The number of hydrogen-bond donors (Lipinski definition) is 1. The molecule has 1 aromatic carbocycles. The summed E-state index contributed by atoms with van der Waals surface area (Å²) in [5, 5.41) is 5.53. The summed E-state index contributed by atoms with van der Waals surface area (Å²) in [5.74, 6) is 0.682. The van der Waals surface area contributed by atoms with E-state index in [1.54, 1.807) is 0 Å². The largest absolute Gasteiger partial charge is 0.347 e. The number of fused-ring (bicyclic) bond motifs is 1. The van der Waals surface area contributed by atoms with Gasteiger partial charge in [-0.1, -0.05) is 44.9 Å². The van der Waals surface area contributed by atoms with E-state index >= 15 is 0 Å². The second-order valence-corrected chi connectivity index (χ2v) is 5.70. The highest BCUT2D eigenvalue weighted by molar-refractivity contribution is 6.31. The first kappa shape index (κ1) is 14.4. The first-order valence-electron chi connectivity index (χ1n) is 7.13. The molecular weight excluding hydrogens is 256 g/mol. The topological polar surface area (TPSA) is 17.0 Å². The van der Waals surface area contributed by atoms with Gasteiger partial charge in [-0.3, -0.25) is 0 Å². The van der Waals surface area contributed by atoms with Gasteiger partial charge in [0, 0.05) is 35.2 Å². The van der Waals surface area contributed by atoms with E-state index in [9.17, 15) is 0 Å². The summed E-state index contributed by atoms with van der Waals surface area (Å²) < 4.78 is 2.35. The third-order valence-corrected chi connectivity index (χ3v) is 3.93. The molecule has 1 unspecified atom stereocenters. The van der Waals surface area contributed by atoms with Crippen molar-refractivity contribution in [2.24, 2.45) is 5.92 Å². The van der Waals surface area contributed by atoms with Crippen molar-refractivity contribution in [1.82, 2.24) is 9.88 Å². The molecule has 3 heteroatoms. The lowest BCUT2D eigenvalue weighted by Crippen LogP contribution is -2.11. The van der Waals surface area contributed by atoms with Crippen LogP contribution in [0.25, 0.3) is 10.9 Å². The second kappa shape index (κ2) is 6.44. The van der Waals surface area contributed by atoms with Crippen molar-refractivity contribution in [3.8, 4) is 0 Å². The third-order valence-electron chi connectivity index (χ3n) is 3.70. The predicted octanol–water partition coefficient (Wildman–Crippen LogP) is 4.45. The van der Waals surface area contributed by atoms with Crippen LogP contribution in [0.2, 0.25) is 5.02 Å². The predicted molar refractivity (Wildman–Crippen MR) is 83.8 cm³/mol. The lowest BCUT2D eigenvalue weighted by Gasteiger charge is -2.11. The Kier molecular flexibility index (Phi) is 4.89. The summed E-state index contributed by atoms with van der Waals surface area (Å²) in [7, 11) is 0. The number of benzene rings is 1. The molecule has 1 atom stereocenters. The first-order valence-corrected chi connectivity index (χ1v) is 7.51. The van der Waals surface area contributed by atoms with Gasteiger partial charge in [-0.15, -0.1) is 0 Å². The average molecular weight is 279 g/mol. The van der Waals surface area contributed by atoms with Crippen LogP contribution in [0.1, 0.15) is 32.8 Å². The Balaban J connectivity index is 2.41. The van der Waals surface area contributed by atoms with Crippen molar-refractivity contribution in [1.29, 1.82) is 0 Å². The molecule has 0 fully saturated rings. The SMILES string of the molecule is CCNCc1cn(CC(C)CC)c2cc(Cl)ccc12. The second-order valence-electron chi connectivity index (χ2n) is 5.26. The number of nitrogens with one attached hydrogen (secondary N) is 1. The Bertz CT molecular complexity index is 545. The number of nitrogens with zero attached hydrogens (tertiary/aromatic N) is 1. The fourth-order valence-corrected chi connectivity index (χ4v) is 2.52. The van der Waals surface area contributed by atoms with Crippen LogP contribution in [0, 0.1) is 5.92 Å². The number of rotatable bonds is 6. The van der Waals surface area contributed by atoms with Crippen LogP contribution in [0.15, 0.2) is 24.4 Å². The van der Waals surface area contributed by atoms with E-state index in [0.29, 0.717) is 5.92 Å². The van der Waals surface area contributed by atoms with Gasteiger partial charge in [0.1, 0.15) is 0 Å². The number of hydrogen-bond acceptors (Lipinski definition) is 1. The Hall–Kier alpha value is -0.990. The van der Waals surface area contributed by atoms with E-state index < -0.39 is 0 Å². The van der Waals surface area contributed by atoms with Crippen molar-refractivity contribution in [3.63, 3.8) is 0 Å². The molecular formula is C16H23ClN2. The van der Waals surface area contributed by atoms with Gasteiger partial charge in [-0.05, 0) is 30.2 Å². The zero-order valence-corrected chi connectivity index (χ0v) is 12.8. The highest BCUT2D eigenvalue weighted by Gasteiger charge is 2.10. The molecule has 0 radical (unpaired) electrons. The normalized spacial score (nSPS) is 13.1. The van der Waals surface area contributed by atoms with E-state index in [1.807, 2.05) is 6.07 Å². The summed E-state index contributed by atoms with van der Waals surface area (Å²) in [6.45, 7) is 9.63. The van der Waals surface area contributed by atoms with E-state index in [1.165, 1.54) is 22.9 Å². The fraction of sp³-hybridized carbons (Fsp3) is 0.500. The summed E-state index contributed by atoms with van der Waals surface area (Å²) in [5.41, 5.74) is 2.61. The fourth-order valence-electron chi connectivity index (χ4n) is 2.36. The van der Waals surface area contributed by atoms with Gasteiger partial charge in [0.25, 0.3) is 0 Å². The highest BCUT2D eigenvalue weighted by atomic mass is 35.5. The van der Waals surface area contributed by atoms with Crippen molar-refractivity contribution in [2.75, 3.05) is 6.54 Å². The molecule has 0 aliphatic rings. The third kappa shape index (κ3) is 3.31. The summed E-state index contributed by atoms with van der Waals surface area (Å²) >= 11 is 6.15. The molecule has 104 valence electrons. The highest BCUT2D eigenvalue weighted by Crippen LogP contribution is 2.26. The maximum atomic E-state index is 6.15. The molecule has 2 aromatic rings. The van der Waals surface area contributed by atoms with Crippen molar-refractivity contribution < 1.29 is 0 Å². The summed E-state index contributed by atoms with van der Waals surface area (Å²) in [4.78, 5) is 0. The monoisotopic (exact) mass is 278 g/mol. The molecule has 0 saturated heterocycles. The molecule has 0 amide bonds. The van der Waals surface area contributed by atoms with Crippen LogP contribution in [-0.4, -0.2) is 11.1 Å². The maximum Gasteiger partial charge on any atom is 0.0498 e. The zero-order valence-electron chi connectivity index (χ0n) is 12.0. The average Bonchev–Trinajstić information content (AvgIpc) is 2.73. The molecule has 1 heterocycles. The van der Waals surface area contributed by atoms with Gasteiger partial charge in [-0.25, -0.2) is 0 Å². The number of halogens is 1. The lowest BCUT2D eigenvalue weighted by atomic mass is 10.1. The Morgan fingerprint density at radius 2 is 2.11 bits per heavy atom. The van der Waals surface area contributed by atoms with E-state index in [2.05, 4.69) is 49.0 Å². The molecule has 0 saturated carbocycles. The van der Waals surface area contributed by atoms with E-state index in [0.717, 1.165) is 24.7 Å². The van der Waals surface area contributed by atoms with Crippen LogP contribution in [0.4, 0.5) is 0 Å². The van der Waals surface area contributed by atoms with Gasteiger partial charge in [0.2, 0.25) is 0 Å². The molecule has 0 spiro atoms. The minimum Gasteiger partial charge on any atom is -0.347 e. The van der Waals surface area contributed by atoms with E-state index in [4.69, 9.17) is 11.6 Å². The van der Waals surface area contributed by atoms with Crippen LogP contribution < -0.4 is 5.32 Å². The summed E-state index contributed by atoms with van der Waals surface area (Å²) in [6.07, 6.45) is 3.47. The minimum absolute atomic E-state index is 0.682. The quantitative estimate of drug-likeness (QED) is 0.826. The first-order chi connectivity index (χ1) is 9.15. The molecule has 19 heavy (non-hydrogen) atoms. The summed E-state index contributed by atoms with van der Waals surface area (Å²) in [6, 6.07) is 6.19. The van der Waals surface area contributed by atoms with Crippen LogP contribution in [0.3, 0.4) is 0 Å². The Morgan fingerprint density at radius 1 is 1.32 bits per heavy atom. The molecule has 2 nitrogen and oxygen atoms in total. The van der Waals surface area contributed by atoms with Crippen molar-refractivity contribution >= 4 is 22.5 Å². The van der Waals surface area contributed by atoms with Crippen molar-refractivity contribution in [2.45, 2.75) is 40.3 Å². The van der Waals surface area contributed by atoms with Crippen molar-refractivity contribution in [3.05, 3.63) is 35.0 Å². The minimum atomic E-state index is 0.682. The standard InChI is InChI=1S/C16H23ClN2/c1-4-12(3)10-19-11-13(9-18-5-2)15-7-6-14(17)8-16(15)19/h6-8,11-12,18H,4-5,9-10H2,1-3H3. The maximum absolute atomic E-state index is 6.15. The molecule has 0 aliphatic heterocycles. The van der Waals surface area contributed by atoms with Gasteiger partial charge < -0.3 is 9.88 Å². The number of aromatic nitrogens is 1. The Morgan fingerprint density at radius 3 is 2.79 bits per heavy atom. The van der Waals surface area contributed by atoms with Gasteiger partial charge in [0.05, 0.1) is 0 Å². The molecule has 1 aromatic heterocycles. The van der Waals surface area contributed by atoms with Gasteiger partial charge in [-0.2, -0.15) is 0 Å². The lowest BCUT2D eigenvalue weighted by molar-refractivity contribution is 0.477. The smallest absolute Gasteiger partial charge is 0.0498 e. The van der Waals surface area contributed by atoms with Gasteiger partial charge >= 0.3 is 0 Å². The molecule has 2 rings (SSSR count). The molecule has 1 N–H and O–H groups in total. The molecule has 0 bridgehead atoms. The zero-order chi connectivity index (χ0) is 13.8. The van der Waals surface area contributed by atoms with Crippen LogP contribution >= 0.6 is 11.6 Å². The van der Waals surface area contributed by atoms with E-state index in [-0.39, 0.29) is 0 Å².